The van der Waals surface area contributed by atoms with Crippen LogP contribution >= 0.6 is 0 Å². The third-order valence-corrected chi connectivity index (χ3v) is 5.89. The highest BCUT2D eigenvalue weighted by Crippen LogP contribution is 2.29. The molecule has 0 radical (unpaired) electrons. The van der Waals surface area contributed by atoms with Gasteiger partial charge in [0.1, 0.15) is 25.3 Å². The van der Waals surface area contributed by atoms with Gasteiger partial charge in [-0.3, -0.25) is 14.5 Å². The van der Waals surface area contributed by atoms with Crippen LogP contribution in [0.5, 0.6) is 11.5 Å². The molecule has 0 saturated heterocycles. The third kappa shape index (κ3) is 5.04. The number of para-hydroxylation sites is 2. The van der Waals surface area contributed by atoms with E-state index in [-0.39, 0.29) is 20.3 Å². The zero-order valence-corrected chi connectivity index (χ0v) is 20.0. The van der Waals surface area contributed by atoms with Gasteiger partial charge in [0.05, 0.1) is 16.3 Å². The lowest BCUT2D eigenvalue weighted by atomic mass is 10.0. The summed E-state index contributed by atoms with van der Waals surface area (Å²) in [5, 5.41) is 1.41. The van der Waals surface area contributed by atoms with E-state index in [9.17, 15) is 14.4 Å². The average Bonchev–Trinajstić information content (AvgIpc) is 3.23. The number of aromatic nitrogens is 1. The highest BCUT2D eigenvalue weighted by molar-refractivity contribution is 6.14. The summed E-state index contributed by atoms with van der Waals surface area (Å²) in [7, 11) is 1.93. The average molecular weight is 499 g/mol. The summed E-state index contributed by atoms with van der Waals surface area (Å²) in [4.78, 5) is 37.4. The predicted molar refractivity (Wildman–Crippen MR) is 132 cm³/mol. The van der Waals surface area contributed by atoms with E-state index in [0.29, 0.717) is 22.4 Å². The number of hydrogen-bond acceptors (Lipinski definition) is 7. The van der Waals surface area contributed by atoms with Gasteiger partial charge in [-0.1, -0.05) is 30.3 Å². The molecule has 1 aliphatic rings. The Morgan fingerprint density at radius 2 is 1.49 bits per heavy atom. The molecular formula is C28H23N2O7+. The Morgan fingerprint density at radius 3 is 2.27 bits per heavy atom. The molecule has 9 nitrogen and oxygen atoms in total. The van der Waals surface area contributed by atoms with E-state index in [2.05, 4.69) is 0 Å². The highest BCUT2D eigenvalue weighted by atomic mass is 16.7. The van der Waals surface area contributed by atoms with Gasteiger partial charge in [0.25, 0.3) is 11.8 Å². The van der Waals surface area contributed by atoms with E-state index in [1.165, 1.54) is 12.2 Å². The van der Waals surface area contributed by atoms with Crippen LogP contribution in [0.15, 0.2) is 84.9 Å². The minimum absolute atomic E-state index is 0.144. The van der Waals surface area contributed by atoms with Crippen LogP contribution in [0.25, 0.3) is 21.8 Å². The maximum atomic E-state index is 13.4. The number of carbonyl (C=O) groups excluding carboxylic acids is 3. The van der Waals surface area contributed by atoms with Gasteiger partial charge in [-0.05, 0) is 30.3 Å². The smallest absolute Gasteiger partial charge is 0.345 e. The van der Waals surface area contributed by atoms with Crippen molar-refractivity contribution in [2.45, 2.75) is 0 Å². The first-order valence-electron chi connectivity index (χ1n) is 11.5. The minimum Gasteiger partial charge on any atom is -0.467 e. The standard InChI is InChI=1S/C28H23N2O7/c1-29-23-10-6-5-9-21(23)27(28(33)37-19-7-3-2-4-8-19)22-15-20(11-12-24(22)29)36-18-35-17-34-16-30-25(31)13-14-26(30)32/h2-15H,16-18H2,1H3/q+1. The Kier molecular flexibility index (Phi) is 6.89. The number of fused-ring (bicyclic) bond motifs is 2. The van der Waals surface area contributed by atoms with Crippen molar-refractivity contribution in [1.29, 1.82) is 0 Å². The molecule has 5 rings (SSSR count). The van der Waals surface area contributed by atoms with E-state index in [4.69, 9.17) is 18.9 Å². The van der Waals surface area contributed by atoms with Crippen molar-refractivity contribution in [1.82, 2.24) is 4.90 Å². The number of imide groups is 1. The Bertz CT molecular complexity index is 1510. The molecule has 186 valence electrons. The second-order valence-electron chi connectivity index (χ2n) is 8.19. The molecule has 0 spiro atoms. The topological polar surface area (TPSA) is 95.2 Å². The van der Waals surface area contributed by atoms with Gasteiger partial charge >= 0.3 is 5.97 Å². The lowest BCUT2D eigenvalue weighted by Crippen LogP contribution is -2.32. The van der Waals surface area contributed by atoms with Crippen LogP contribution in [0.2, 0.25) is 0 Å². The second-order valence-corrected chi connectivity index (χ2v) is 8.19. The minimum atomic E-state index is -0.477. The van der Waals surface area contributed by atoms with Gasteiger partial charge in [-0.15, -0.1) is 0 Å². The lowest BCUT2D eigenvalue weighted by molar-refractivity contribution is -0.617. The van der Waals surface area contributed by atoms with E-state index in [1.807, 2.05) is 48.0 Å². The van der Waals surface area contributed by atoms with E-state index < -0.39 is 17.8 Å². The fourth-order valence-corrected chi connectivity index (χ4v) is 4.11. The zero-order valence-electron chi connectivity index (χ0n) is 20.0. The quantitative estimate of drug-likeness (QED) is 0.0664. The molecule has 9 heteroatoms. The number of benzene rings is 3. The first kappa shape index (κ1) is 24.1. The Hall–Kier alpha value is -4.60. The number of carbonyl (C=O) groups is 3. The number of hydrogen-bond donors (Lipinski definition) is 0. The molecule has 0 atom stereocenters. The molecule has 0 unspecified atom stereocenters. The van der Waals surface area contributed by atoms with E-state index >= 15 is 0 Å². The SMILES string of the molecule is C[n+]1c2ccccc2c(C(=O)Oc2ccccc2)c2cc(OCOCOCN3C(=O)C=CC3=O)ccc21. The summed E-state index contributed by atoms with van der Waals surface area (Å²) in [5.41, 5.74) is 2.13. The van der Waals surface area contributed by atoms with Gasteiger partial charge < -0.3 is 18.9 Å². The number of ether oxygens (including phenoxy) is 4. The molecule has 0 bridgehead atoms. The van der Waals surface area contributed by atoms with Crippen molar-refractivity contribution < 1.29 is 37.9 Å². The number of aryl methyl sites for hydroxylation is 1. The second kappa shape index (κ2) is 10.6. The first-order chi connectivity index (χ1) is 18.0. The third-order valence-electron chi connectivity index (χ3n) is 5.89. The summed E-state index contributed by atoms with van der Waals surface area (Å²) in [5.74, 6) is -0.410. The molecule has 0 saturated carbocycles. The number of esters is 1. The van der Waals surface area contributed by atoms with Crippen molar-refractivity contribution in [2.24, 2.45) is 7.05 Å². The molecular weight excluding hydrogens is 476 g/mol. The lowest BCUT2D eigenvalue weighted by Gasteiger charge is -2.14. The normalized spacial score (nSPS) is 13.1. The molecule has 1 aliphatic heterocycles. The maximum absolute atomic E-state index is 13.4. The van der Waals surface area contributed by atoms with Crippen LogP contribution in [0.3, 0.4) is 0 Å². The largest absolute Gasteiger partial charge is 0.467 e. The number of rotatable bonds is 9. The molecule has 3 aromatic carbocycles. The van der Waals surface area contributed by atoms with Crippen LogP contribution in [-0.4, -0.2) is 43.0 Å². The Labute approximate surface area is 212 Å². The van der Waals surface area contributed by atoms with Crippen LogP contribution in [0.1, 0.15) is 10.4 Å². The zero-order chi connectivity index (χ0) is 25.8. The molecule has 2 heterocycles. The van der Waals surface area contributed by atoms with Crippen LogP contribution in [0.4, 0.5) is 0 Å². The van der Waals surface area contributed by atoms with Crippen LogP contribution in [-0.2, 0) is 26.1 Å². The van der Waals surface area contributed by atoms with Gasteiger partial charge in [0.15, 0.2) is 13.6 Å². The van der Waals surface area contributed by atoms with E-state index in [1.54, 1.807) is 36.4 Å². The molecule has 1 aromatic heterocycles. The van der Waals surface area contributed by atoms with Crippen molar-refractivity contribution in [2.75, 3.05) is 20.3 Å². The molecule has 4 aromatic rings. The van der Waals surface area contributed by atoms with Gasteiger partial charge in [-0.2, -0.15) is 4.57 Å². The molecule has 2 amide bonds. The molecule has 37 heavy (non-hydrogen) atoms. The Morgan fingerprint density at radius 1 is 0.784 bits per heavy atom. The van der Waals surface area contributed by atoms with Gasteiger partial charge in [-0.25, -0.2) is 4.79 Å². The van der Waals surface area contributed by atoms with Crippen molar-refractivity contribution in [3.8, 4) is 11.5 Å². The van der Waals surface area contributed by atoms with Crippen LogP contribution in [0, 0.1) is 0 Å². The molecule has 0 fully saturated rings. The number of nitrogens with zero attached hydrogens (tertiary/aromatic N) is 2. The fraction of sp³-hybridized carbons (Fsp3) is 0.143. The molecule has 0 N–H and O–H groups in total. The summed E-state index contributed by atoms with van der Waals surface area (Å²) >= 11 is 0. The molecule has 0 aliphatic carbocycles. The van der Waals surface area contributed by atoms with Gasteiger partial charge in [0, 0.05) is 24.3 Å². The van der Waals surface area contributed by atoms with Crippen molar-refractivity contribution in [3.63, 3.8) is 0 Å². The summed E-state index contributed by atoms with van der Waals surface area (Å²) < 4.78 is 23.9. The van der Waals surface area contributed by atoms with Crippen LogP contribution < -0.4 is 14.0 Å². The first-order valence-corrected chi connectivity index (χ1v) is 11.5. The summed E-state index contributed by atoms with van der Waals surface area (Å²) in [6.07, 6.45) is 2.37. The monoisotopic (exact) mass is 499 g/mol. The van der Waals surface area contributed by atoms with E-state index in [0.717, 1.165) is 21.3 Å². The maximum Gasteiger partial charge on any atom is 0.345 e. The van der Waals surface area contributed by atoms with Crippen molar-refractivity contribution >= 4 is 39.6 Å². The number of pyridine rings is 1. The highest BCUT2D eigenvalue weighted by Gasteiger charge is 2.25. The van der Waals surface area contributed by atoms with Gasteiger partial charge in [0.2, 0.25) is 11.0 Å². The number of amides is 2. The Balaban J connectivity index is 1.34. The predicted octanol–water partition coefficient (Wildman–Crippen LogP) is 3.25. The summed E-state index contributed by atoms with van der Waals surface area (Å²) in [6.45, 7) is -0.537. The summed E-state index contributed by atoms with van der Waals surface area (Å²) in [6, 6.07) is 22.0. The van der Waals surface area contributed by atoms with Crippen molar-refractivity contribution in [3.05, 3.63) is 90.5 Å². The fourth-order valence-electron chi connectivity index (χ4n) is 4.11.